The van der Waals surface area contributed by atoms with Gasteiger partial charge in [0.15, 0.2) is 0 Å². The molecule has 0 spiro atoms. The Bertz CT molecular complexity index is 690. The Kier molecular flexibility index (Phi) is 11.0. The number of amides is 2. The van der Waals surface area contributed by atoms with Gasteiger partial charge >= 0.3 is 0 Å². The SMILES string of the molecule is Cl.Cl.N#C[C@@H]1CCCN1C(=O)CN[C@H]1CC[C@H](C(=O)NCc2ccccn2)CC1. The van der Waals surface area contributed by atoms with E-state index in [1.807, 2.05) is 18.2 Å². The van der Waals surface area contributed by atoms with Gasteiger partial charge in [0.2, 0.25) is 11.8 Å². The molecule has 1 saturated heterocycles. The summed E-state index contributed by atoms with van der Waals surface area (Å²) in [4.78, 5) is 30.5. The van der Waals surface area contributed by atoms with Crippen LogP contribution < -0.4 is 10.6 Å². The van der Waals surface area contributed by atoms with Gasteiger partial charge in [-0.1, -0.05) is 6.07 Å². The number of hydrogen-bond donors (Lipinski definition) is 2. The topological polar surface area (TPSA) is 98.1 Å². The molecule has 2 heterocycles. The second kappa shape index (κ2) is 12.6. The molecule has 2 aliphatic rings. The van der Waals surface area contributed by atoms with Crippen molar-refractivity contribution in [3.05, 3.63) is 30.1 Å². The largest absolute Gasteiger partial charge is 0.350 e. The minimum absolute atomic E-state index is 0. The van der Waals surface area contributed by atoms with E-state index < -0.39 is 0 Å². The number of nitriles is 1. The number of halogens is 2. The average molecular weight is 442 g/mol. The number of likely N-dealkylation sites (tertiary alicyclic amines) is 1. The maximum atomic E-state index is 12.3. The number of carbonyl (C=O) groups excluding carboxylic acids is 2. The summed E-state index contributed by atoms with van der Waals surface area (Å²) in [5, 5.41) is 15.4. The fourth-order valence-electron chi connectivity index (χ4n) is 3.92. The van der Waals surface area contributed by atoms with Crippen LogP contribution in [-0.2, 0) is 16.1 Å². The van der Waals surface area contributed by atoms with Crippen molar-refractivity contribution in [2.24, 2.45) is 5.92 Å². The van der Waals surface area contributed by atoms with E-state index >= 15 is 0 Å². The zero-order valence-electron chi connectivity index (χ0n) is 16.4. The summed E-state index contributed by atoms with van der Waals surface area (Å²) < 4.78 is 0. The van der Waals surface area contributed by atoms with Crippen LogP contribution in [0.4, 0.5) is 0 Å². The van der Waals surface area contributed by atoms with E-state index in [1.54, 1.807) is 11.1 Å². The Morgan fingerprint density at radius 1 is 1.17 bits per heavy atom. The molecule has 1 aliphatic carbocycles. The summed E-state index contributed by atoms with van der Waals surface area (Å²) in [6.07, 6.45) is 6.83. The number of rotatable bonds is 6. The Hall–Kier alpha value is -1.88. The summed E-state index contributed by atoms with van der Waals surface area (Å²) in [6, 6.07) is 7.86. The number of hydrogen-bond acceptors (Lipinski definition) is 5. The van der Waals surface area contributed by atoms with E-state index in [1.165, 1.54) is 0 Å². The van der Waals surface area contributed by atoms with Gasteiger partial charge in [-0.05, 0) is 50.7 Å². The second-order valence-electron chi connectivity index (χ2n) is 7.34. The van der Waals surface area contributed by atoms with Gasteiger partial charge in [-0.25, -0.2) is 0 Å². The van der Waals surface area contributed by atoms with E-state index in [0.29, 0.717) is 13.1 Å². The first-order chi connectivity index (χ1) is 13.2. The Morgan fingerprint density at radius 3 is 2.59 bits per heavy atom. The van der Waals surface area contributed by atoms with Gasteiger partial charge in [0.25, 0.3) is 0 Å². The van der Waals surface area contributed by atoms with Crippen molar-refractivity contribution in [2.45, 2.75) is 57.2 Å². The lowest BCUT2D eigenvalue weighted by Crippen LogP contribution is -2.45. The number of nitrogens with one attached hydrogen (secondary N) is 2. The van der Waals surface area contributed by atoms with Crippen LogP contribution in [-0.4, -0.2) is 46.9 Å². The molecular formula is C20H29Cl2N5O2. The van der Waals surface area contributed by atoms with E-state index in [0.717, 1.165) is 44.2 Å². The van der Waals surface area contributed by atoms with Crippen molar-refractivity contribution < 1.29 is 9.59 Å². The summed E-state index contributed by atoms with van der Waals surface area (Å²) in [5.74, 6) is 0.127. The van der Waals surface area contributed by atoms with Crippen molar-refractivity contribution >= 4 is 36.6 Å². The summed E-state index contributed by atoms with van der Waals surface area (Å²) in [7, 11) is 0. The fraction of sp³-hybridized carbons (Fsp3) is 0.600. The number of carbonyl (C=O) groups is 2. The Morgan fingerprint density at radius 2 is 1.93 bits per heavy atom. The third-order valence-corrected chi connectivity index (χ3v) is 5.53. The van der Waals surface area contributed by atoms with Gasteiger partial charge in [-0.15, -0.1) is 24.8 Å². The van der Waals surface area contributed by atoms with Crippen molar-refractivity contribution in [3.63, 3.8) is 0 Å². The van der Waals surface area contributed by atoms with Crippen molar-refractivity contribution in [1.29, 1.82) is 5.26 Å². The Balaban J connectivity index is 0.00000210. The fourth-order valence-corrected chi connectivity index (χ4v) is 3.92. The maximum Gasteiger partial charge on any atom is 0.237 e. The molecule has 1 saturated carbocycles. The van der Waals surface area contributed by atoms with E-state index in [9.17, 15) is 9.59 Å². The van der Waals surface area contributed by atoms with Crippen molar-refractivity contribution in [3.8, 4) is 6.07 Å². The first-order valence-electron chi connectivity index (χ1n) is 9.77. The van der Waals surface area contributed by atoms with Crippen LogP contribution >= 0.6 is 24.8 Å². The molecular weight excluding hydrogens is 413 g/mol. The molecule has 3 rings (SSSR count). The Labute approximate surface area is 184 Å². The van der Waals surface area contributed by atoms with E-state index in [4.69, 9.17) is 5.26 Å². The molecule has 1 aliphatic heterocycles. The molecule has 1 aromatic rings. The molecule has 7 nitrogen and oxygen atoms in total. The summed E-state index contributed by atoms with van der Waals surface area (Å²) in [6.45, 7) is 1.42. The smallest absolute Gasteiger partial charge is 0.237 e. The quantitative estimate of drug-likeness (QED) is 0.704. The van der Waals surface area contributed by atoms with Crippen molar-refractivity contribution in [1.82, 2.24) is 20.5 Å². The van der Waals surface area contributed by atoms with Gasteiger partial charge < -0.3 is 15.5 Å². The molecule has 0 bridgehead atoms. The van der Waals surface area contributed by atoms with Crippen molar-refractivity contribution in [2.75, 3.05) is 13.1 Å². The normalized spacial score (nSPS) is 23.3. The van der Waals surface area contributed by atoms with Gasteiger partial charge in [0, 0.05) is 24.7 Å². The third-order valence-electron chi connectivity index (χ3n) is 5.53. The maximum absolute atomic E-state index is 12.3. The second-order valence-corrected chi connectivity index (χ2v) is 7.34. The highest BCUT2D eigenvalue weighted by Crippen LogP contribution is 2.24. The minimum Gasteiger partial charge on any atom is -0.350 e. The lowest BCUT2D eigenvalue weighted by atomic mass is 9.85. The van der Waals surface area contributed by atoms with E-state index in [-0.39, 0.29) is 61.2 Å². The average Bonchev–Trinajstić information content (AvgIpc) is 3.20. The predicted octanol–water partition coefficient (Wildman–Crippen LogP) is 2.20. The van der Waals surface area contributed by atoms with E-state index in [2.05, 4.69) is 21.7 Å². The number of pyridine rings is 1. The molecule has 160 valence electrons. The minimum atomic E-state index is -0.266. The first kappa shape index (κ1) is 25.2. The van der Waals surface area contributed by atoms with Gasteiger partial charge in [0.1, 0.15) is 6.04 Å². The molecule has 0 aromatic carbocycles. The first-order valence-corrected chi connectivity index (χ1v) is 9.77. The van der Waals surface area contributed by atoms with Crippen LogP contribution in [0, 0.1) is 17.2 Å². The highest BCUT2D eigenvalue weighted by atomic mass is 35.5. The van der Waals surface area contributed by atoms with Crippen LogP contribution in [0.25, 0.3) is 0 Å². The van der Waals surface area contributed by atoms with Gasteiger partial charge in [-0.3, -0.25) is 14.6 Å². The lowest BCUT2D eigenvalue weighted by Gasteiger charge is -2.29. The third kappa shape index (κ3) is 7.14. The zero-order chi connectivity index (χ0) is 19.1. The molecule has 1 aromatic heterocycles. The van der Waals surface area contributed by atoms with Crippen LogP contribution in [0.15, 0.2) is 24.4 Å². The van der Waals surface area contributed by atoms with Crippen LogP contribution in [0.3, 0.4) is 0 Å². The van der Waals surface area contributed by atoms with Crippen LogP contribution in [0.2, 0.25) is 0 Å². The summed E-state index contributed by atoms with van der Waals surface area (Å²) >= 11 is 0. The molecule has 1 atom stereocenters. The number of aromatic nitrogens is 1. The molecule has 9 heteroatoms. The lowest BCUT2D eigenvalue weighted by molar-refractivity contribution is -0.130. The zero-order valence-corrected chi connectivity index (χ0v) is 18.0. The number of nitrogens with zero attached hydrogens (tertiary/aromatic N) is 3. The molecule has 2 N–H and O–H groups in total. The molecule has 2 amide bonds. The molecule has 29 heavy (non-hydrogen) atoms. The summed E-state index contributed by atoms with van der Waals surface area (Å²) in [5.41, 5.74) is 0.859. The highest BCUT2D eigenvalue weighted by molar-refractivity contribution is 5.85. The molecule has 0 radical (unpaired) electrons. The monoisotopic (exact) mass is 441 g/mol. The van der Waals surface area contributed by atoms with Gasteiger partial charge in [0.05, 0.1) is 24.9 Å². The highest BCUT2D eigenvalue weighted by Gasteiger charge is 2.30. The van der Waals surface area contributed by atoms with Gasteiger partial charge in [-0.2, -0.15) is 5.26 Å². The molecule has 0 unspecified atom stereocenters. The standard InChI is InChI=1S/C20H27N5O2.2ClH/c21-12-18-5-3-11-25(18)19(26)14-23-16-8-6-15(7-9-16)20(27)24-13-17-4-1-2-10-22-17;;/h1-2,4,10,15-16,18,23H,3,5-9,11,13-14H2,(H,24,27);2*1H/t15-,16-,18-;;/m0../s1. The predicted molar refractivity (Wildman–Crippen MR) is 115 cm³/mol. The van der Waals surface area contributed by atoms with Crippen LogP contribution in [0.5, 0.6) is 0 Å². The molecule has 2 fully saturated rings. The van der Waals surface area contributed by atoms with Crippen LogP contribution in [0.1, 0.15) is 44.2 Å².